The molecule has 1 aromatic rings. The first-order valence-corrected chi connectivity index (χ1v) is 5.98. The number of carbonyl (C=O) groups is 2. The second kappa shape index (κ2) is 4.90. The number of ketones is 1. The van der Waals surface area contributed by atoms with Gasteiger partial charge in [-0.05, 0) is 13.0 Å². The molecule has 0 aliphatic carbocycles. The molecular weight excluding hydrogens is 230 g/mol. The van der Waals surface area contributed by atoms with E-state index in [4.69, 9.17) is 4.74 Å². The summed E-state index contributed by atoms with van der Waals surface area (Å²) in [6.07, 6.45) is 0. The van der Waals surface area contributed by atoms with Crippen LogP contribution in [-0.4, -0.2) is 31.4 Å². The lowest BCUT2D eigenvalue weighted by Gasteiger charge is -2.38. The fraction of sp³-hybridized carbons (Fsp3) is 0.429. The normalized spacial score (nSPS) is 16.8. The van der Waals surface area contributed by atoms with Gasteiger partial charge in [0.05, 0.1) is 18.8 Å². The lowest BCUT2D eigenvalue weighted by Crippen LogP contribution is -2.48. The van der Waals surface area contributed by atoms with Crippen LogP contribution in [0.2, 0.25) is 0 Å². The van der Waals surface area contributed by atoms with E-state index >= 15 is 0 Å². The van der Waals surface area contributed by atoms with Crippen molar-refractivity contribution in [2.24, 2.45) is 5.41 Å². The molecule has 2 rings (SSSR count). The van der Waals surface area contributed by atoms with Crippen LogP contribution in [0.4, 0.5) is 0 Å². The van der Waals surface area contributed by atoms with Crippen LogP contribution in [0.1, 0.15) is 34.6 Å². The molecular formula is C14H17NO3. The van der Waals surface area contributed by atoms with Crippen molar-refractivity contribution in [3.63, 3.8) is 0 Å². The van der Waals surface area contributed by atoms with Gasteiger partial charge in [-0.15, -0.1) is 0 Å². The molecule has 1 aliphatic heterocycles. The van der Waals surface area contributed by atoms with Crippen LogP contribution in [0.3, 0.4) is 0 Å². The Hall–Kier alpha value is -1.68. The number of hydrogen-bond donors (Lipinski definition) is 1. The predicted octanol–water partition coefficient (Wildman–Crippen LogP) is 1.66. The Labute approximate surface area is 106 Å². The molecule has 0 unspecified atom stereocenters. The van der Waals surface area contributed by atoms with Crippen molar-refractivity contribution in [3.8, 4) is 0 Å². The smallest absolute Gasteiger partial charge is 0.252 e. The standard InChI is InChI=1S/C14H17NO3/c1-10(16)11-5-3-4-6-12(11)13(17)15-7-14(2)8-18-9-14/h3-6H,7-9H2,1-2H3,(H,15,17). The van der Waals surface area contributed by atoms with Crippen LogP contribution < -0.4 is 5.32 Å². The van der Waals surface area contributed by atoms with Gasteiger partial charge >= 0.3 is 0 Å². The third kappa shape index (κ3) is 2.59. The zero-order valence-corrected chi connectivity index (χ0v) is 10.7. The third-order valence-electron chi connectivity index (χ3n) is 3.13. The number of Topliss-reactive ketones (excluding diaryl/α,β-unsaturated/α-hetero) is 1. The summed E-state index contributed by atoms with van der Waals surface area (Å²) in [5.74, 6) is -0.298. The minimum Gasteiger partial charge on any atom is -0.380 e. The average Bonchev–Trinajstić information content (AvgIpc) is 2.33. The van der Waals surface area contributed by atoms with Crippen molar-refractivity contribution in [2.45, 2.75) is 13.8 Å². The van der Waals surface area contributed by atoms with Gasteiger partial charge < -0.3 is 10.1 Å². The topological polar surface area (TPSA) is 55.4 Å². The first-order chi connectivity index (χ1) is 8.52. The highest BCUT2D eigenvalue weighted by atomic mass is 16.5. The fourth-order valence-corrected chi connectivity index (χ4v) is 1.93. The number of nitrogens with one attached hydrogen (secondary N) is 1. The predicted molar refractivity (Wildman–Crippen MR) is 67.7 cm³/mol. The average molecular weight is 247 g/mol. The Morgan fingerprint density at radius 3 is 2.39 bits per heavy atom. The van der Waals surface area contributed by atoms with E-state index in [0.717, 1.165) is 0 Å². The van der Waals surface area contributed by atoms with Crippen LogP contribution in [0.25, 0.3) is 0 Å². The number of benzene rings is 1. The Morgan fingerprint density at radius 2 is 1.89 bits per heavy atom. The van der Waals surface area contributed by atoms with Gasteiger partial charge in [-0.25, -0.2) is 0 Å². The summed E-state index contributed by atoms with van der Waals surface area (Å²) in [4.78, 5) is 23.5. The van der Waals surface area contributed by atoms with Crippen LogP contribution in [0.15, 0.2) is 24.3 Å². The first kappa shape index (κ1) is 12.8. The molecule has 0 radical (unpaired) electrons. The summed E-state index contributed by atoms with van der Waals surface area (Å²) in [6.45, 7) is 5.43. The molecule has 1 fully saturated rings. The van der Waals surface area contributed by atoms with E-state index in [1.807, 2.05) is 0 Å². The largest absolute Gasteiger partial charge is 0.380 e. The zero-order valence-electron chi connectivity index (χ0n) is 10.7. The van der Waals surface area contributed by atoms with E-state index in [-0.39, 0.29) is 17.1 Å². The molecule has 18 heavy (non-hydrogen) atoms. The Balaban J connectivity index is 2.06. The van der Waals surface area contributed by atoms with Crippen LogP contribution in [0.5, 0.6) is 0 Å². The lowest BCUT2D eigenvalue weighted by molar-refractivity contribution is -0.0978. The number of hydrogen-bond acceptors (Lipinski definition) is 3. The Kier molecular flexibility index (Phi) is 3.48. The molecule has 0 bridgehead atoms. The zero-order chi connectivity index (χ0) is 13.2. The molecule has 4 nitrogen and oxygen atoms in total. The van der Waals surface area contributed by atoms with E-state index < -0.39 is 0 Å². The third-order valence-corrected chi connectivity index (χ3v) is 3.13. The number of amides is 1. The maximum absolute atomic E-state index is 12.1. The van der Waals surface area contributed by atoms with Crippen molar-refractivity contribution >= 4 is 11.7 Å². The molecule has 1 saturated heterocycles. The van der Waals surface area contributed by atoms with Gasteiger partial charge in [0.25, 0.3) is 5.91 Å². The molecule has 4 heteroatoms. The fourth-order valence-electron chi connectivity index (χ4n) is 1.93. The highest BCUT2D eigenvalue weighted by Crippen LogP contribution is 2.25. The number of rotatable bonds is 4. The van der Waals surface area contributed by atoms with Gasteiger partial charge in [-0.1, -0.05) is 25.1 Å². The SMILES string of the molecule is CC(=O)c1ccccc1C(=O)NCC1(C)COC1. The van der Waals surface area contributed by atoms with Gasteiger partial charge in [0.15, 0.2) is 5.78 Å². The molecule has 1 amide bonds. The Bertz CT molecular complexity index is 478. The van der Waals surface area contributed by atoms with Crippen LogP contribution in [-0.2, 0) is 4.74 Å². The quantitative estimate of drug-likeness (QED) is 0.823. The molecule has 0 spiro atoms. The van der Waals surface area contributed by atoms with Crippen molar-refractivity contribution < 1.29 is 14.3 Å². The first-order valence-electron chi connectivity index (χ1n) is 5.98. The Morgan fingerprint density at radius 1 is 1.28 bits per heavy atom. The maximum atomic E-state index is 12.1. The van der Waals surface area contributed by atoms with Crippen LogP contribution in [0, 0.1) is 5.41 Å². The second-order valence-electron chi connectivity index (χ2n) is 5.09. The van der Waals surface area contributed by atoms with Gasteiger partial charge in [0.2, 0.25) is 0 Å². The summed E-state index contributed by atoms with van der Waals surface area (Å²) in [7, 11) is 0. The van der Waals surface area contributed by atoms with Crippen molar-refractivity contribution in [2.75, 3.05) is 19.8 Å². The molecule has 1 aromatic carbocycles. The van der Waals surface area contributed by atoms with Gasteiger partial charge in [0.1, 0.15) is 0 Å². The summed E-state index contributed by atoms with van der Waals surface area (Å²) in [5.41, 5.74) is 0.930. The van der Waals surface area contributed by atoms with Crippen molar-refractivity contribution in [1.29, 1.82) is 0 Å². The van der Waals surface area contributed by atoms with E-state index in [1.54, 1.807) is 24.3 Å². The molecule has 0 saturated carbocycles. The van der Waals surface area contributed by atoms with Crippen LogP contribution >= 0.6 is 0 Å². The van der Waals surface area contributed by atoms with E-state index in [0.29, 0.717) is 30.9 Å². The monoisotopic (exact) mass is 247 g/mol. The number of ether oxygens (including phenoxy) is 1. The summed E-state index contributed by atoms with van der Waals surface area (Å²) < 4.78 is 5.13. The molecule has 96 valence electrons. The molecule has 1 N–H and O–H groups in total. The minimum absolute atomic E-state index is 0.0286. The molecule has 1 aliphatic rings. The molecule has 0 aromatic heterocycles. The highest BCUT2D eigenvalue weighted by Gasteiger charge is 2.33. The van der Waals surface area contributed by atoms with Gasteiger partial charge in [-0.3, -0.25) is 9.59 Å². The molecule has 1 heterocycles. The van der Waals surface area contributed by atoms with Crippen molar-refractivity contribution in [3.05, 3.63) is 35.4 Å². The van der Waals surface area contributed by atoms with Crippen molar-refractivity contribution in [1.82, 2.24) is 5.32 Å². The molecule has 0 atom stereocenters. The van der Waals surface area contributed by atoms with Gasteiger partial charge in [0, 0.05) is 17.5 Å². The van der Waals surface area contributed by atoms with E-state index in [2.05, 4.69) is 12.2 Å². The summed E-state index contributed by atoms with van der Waals surface area (Å²) in [6, 6.07) is 6.86. The summed E-state index contributed by atoms with van der Waals surface area (Å²) in [5, 5.41) is 2.87. The van der Waals surface area contributed by atoms with E-state index in [1.165, 1.54) is 6.92 Å². The number of carbonyl (C=O) groups excluding carboxylic acids is 2. The van der Waals surface area contributed by atoms with Gasteiger partial charge in [-0.2, -0.15) is 0 Å². The maximum Gasteiger partial charge on any atom is 0.252 e. The van der Waals surface area contributed by atoms with E-state index in [9.17, 15) is 9.59 Å². The summed E-state index contributed by atoms with van der Waals surface area (Å²) >= 11 is 0. The highest BCUT2D eigenvalue weighted by molar-refractivity contribution is 6.07. The second-order valence-corrected chi connectivity index (χ2v) is 5.09. The minimum atomic E-state index is -0.200. The lowest BCUT2D eigenvalue weighted by atomic mass is 9.88.